The number of aliphatic hydroxyl groups is 9. The predicted octanol–water partition coefficient (Wildman–Crippen LogP) is -4.61. The SMILES string of the molecule is [3H]C1CC(=O)N(CC(=O)N[C@@H](CCC(=O)NC[C@H](C)OC(=O)CCC(=O)c2cc3c(F)c(OCCCOc4c(OC)cc5c(c4F)CN(C(=O)CCC(=O)O)C5)c(OC)cc3s2)C(=O)NCCOCCOCCOCCOCCOCCOCCOCCOCCC(=O)N[C@@H](CCC(=O)NC[C@H](O)[C@@H](O)[C@H](O)[C@H](O)CO)C(=O)NC[C@H](O)[C@@H](O)C(=O)[C@H](O)CO)C1=O. The largest absolute Gasteiger partial charge is 0.493 e. The van der Waals surface area contributed by atoms with Crippen LogP contribution in [-0.4, -0.2) is 378 Å². The molecule has 3 aromatic rings. The van der Waals surface area contributed by atoms with Gasteiger partial charge in [0.25, 0.3) is 0 Å². The summed E-state index contributed by atoms with van der Waals surface area (Å²) >= 11 is 0.951. The molecular formula is C79H116F2N8O36S. The molecule has 0 aliphatic carbocycles. The number of rotatable bonds is 69. The van der Waals surface area contributed by atoms with Crippen molar-refractivity contribution in [2.24, 2.45) is 0 Å². The number of nitrogens with one attached hydrogen (secondary N) is 6. The van der Waals surface area contributed by atoms with Crippen molar-refractivity contribution in [3.8, 4) is 23.0 Å². The highest BCUT2D eigenvalue weighted by Gasteiger charge is 2.36. The van der Waals surface area contributed by atoms with Crippen LogP contribution < -0.4 is 50.8 Å². The van der Waals surface area contributed by atoms with Crippen molar-refractivity contribution in [2.75, 3.05) is 179 Å². The van der Waals surface area contributed by atoms with Crippen molar-refractivity contribution < 1.29 is 185 Å². The Hall–Kier alpha value is -9.51. The maximum atomic E-state index is 16.1. The van der Waals surface area contributed by atoms with Gasteiger partial charge in [0.2, 0.25) is 53.2 Å². The molecule has 1 unspecified atom stereocenters. The van der Waals surface area contributed by atoms with Gasteiger partial charge in [-0.15, -0.1) is 11.3 Å². The fourth-order valence-corrected chi connectivity index (χ4v) is 12.8. The molecule has 2 aliphatic rings. The van der Waals surface area contributed by atoms with Crippen LogP contribution in [0.5, 0.6) is 23.0 Å². The third-order valence-corrected chi connectivity index (χ3v) is 19.8. The number of aliphatic carboxylic acids is 1. The lowest BCUT2D eigenvalue weighted by Gasteiger charge is -2.25. The summed E-state index contributed by atoms with van der Waals surface area (Å²) in [4.78, 5) is 167. The highest BCUT2D eigenvalue weighted by Crippen LogP contribution is 2.42. The molecule has 1 saturated heterocycles. The minimum atomic E-state index is -2.21. The maximum absolute atomic E-state index is 16.1. The summed E-state index contributed by atoms with van der Waals surface area (Å²) in [6.45, 7) is -0.313. The number of hydrogen-bond acceptors (Lipinski definition) is 36. The number of hydrogen-bond donors (Lipinski definition) is 16. The van der Waals surface area contributed by atoms with E-state index >= 15 is 8.78 Å². The number of methoxy groups -OCH3 is 2. The number of aliphatic hydroxyl groups excluding tert-OH is 9. The van der Waals surface area contributed by atoms with E-state index in [1.807, 2.05) is 0 Å². The molecule has 0 saturated carbocycles. The average molecular weight is 1830 g/mol. The van der Waals surface area contributed by atoms with Gasteiger partial charge in [-0.3, -0.25) is 67.2 Å². The molecule has 1 aromatic heterocycles. The van der Waals surface area contributed by atoms with Gasteiger partial charge >= 0.3 is 11.9 Å². The van der Waals surface area contributed by atoms with E-state index < -0.39 is 201 Å². The first-order valence-corrected chi connectivity index (χ1v) is 41.3. The average Bonchev–Trinajstić information content (AvgIpc) is 1.65. The van der Waals surface area contributed by atoms with E-state index in [4.69, 9.17) is 78.3 Å². The Labute approximate surface area is 728 Å². The molecule has 9 amide bonds. The van der Waals surface area contributed by atoms with Crippen LogP contribution in [0.2, 0.25) is 0 Å². The molecule has 708 valence electrons. The standard InChI is InChI=1S/C79H116F2N8O36S/c1-46(125-69(106)14-7-52(92)60-36-48-59(126-60)37-58(114-3)77(70(48)80)124-18-4-17-123-76-57(113-2)35-47-41-88(42-49(47)71(76)81)65(101)12-13-68(104)105)38-83-61(97)8-5-50(87-64(100)43-89-66(102)10-11-67(89)103)78(111)82-16-20-116-22-24-118-26-28-120-30-32-122-34-33-121-31-29-119-27-25-117-23-21-115-19-15-63(99)86-51(79(112)85-40-54(94)73(108)75(110)56(96)45-91)6-9-62(98)84-39-53(93)72(107)74(109)55(95)44-90/h35-37,46,50-51,53-56,72-74,90-91,93-96,107-109H,4-34,38-45H2,1-3H3,(H,82,111)(H,83,97)(H,84,98)(H,85,112)(H,86,99)(H,87,100)(H,104,105)/t46-,50-,51-,53-,54-,55+,56+,72+,73+,74+/m0/s1/i10T/t10?,46-,50-,51-,53-,54-,55+,56+,72+,73+,74+. The van der Waals surface area contributed by atoms with Gasteiger partial charge in [-0.1, -0.05) is 0 Å². The number of carboxylic acids is 1. The monoisotopic (exact) mass is 1820 g/mol. The molecule has 126 heavy (non-hydrogen) atoms. The van der Waals surface area contributed by atoms with Gasteiger partial charge in [0.15, 0.2) is 46.2 Å². The van der Waals surface area contributed by atoms with Crippen molar-refractivity contribution in [3.05, 3.63) is 45.8 Å². The fraction of sp³-hybridized carbons (Fsp3) is 0.658. The minimum absolute atomic E-state index is 0.00631. The zero-order valence-corrected chi connectivity index (χ0v) is 70.9. The first-order chi connectivity index (χ1) is 60.7. The second-order valence-electron chi connectivity index (χ2n) is 28.3. The van der Waals surface area contributed by atoms with Crippen LogP contribution in [-0.2, 0) is 113 Å². The number of esters is 1. The summed E-state index contributed by atoms with van der Waals surface area (Å²) in [5.74, 6) is -12.6. The Morgan fingerprint density at radius 2 is 1.04 bits per heavy atom. The summed E-state index contributed by atoms with van der Waals surface area (Å²) in [5.41, 5.74) is 0.681. The van der Waals surface area contributed by atoms with Gasteiger partial charge in [0.05, 0.1) is 177 Å². The lowest BCUT2D eigenvalue weighted by Crippen LogP contribution is -2.52. The molecule has 2 aromatic carbocycles. The summed E-state index contributed by atoms with van der Waals surface area (Å²) in [6.07, 6.45) is -19.4. The third-order valence-electron chi connectivity index (χ3n) is 18.7. The molecule has 3 heterocycles. The van der Waals surface area contributed by atoms with E-state index in [2.05, 4.69) is 31.9 Å². The normalized spacial score (nSPS) is 15.6. The number of carbonyl (C=O) groups is 13. The minimum Gasteiger partial charge on any atom is -0.493 e. The van der Waals surface area contributed by atoms with Crippen molar-refractivity contribution in [2.45, 2.75) is 158 Å². The number of likely N-dealkylation sites (tertiary alicyclic amines) is 1. The van der Waals surface area contributed by atoms with Gasteiger partial charge < -0.3 is 149 Å². The Balaban J connectivity index is 0.883. The van der Waals surface area contributed by atoms with Gasteiger partial charge in [0.1, 0.15) is 61.4 Å². The Morgan fingerprint density at radius 1 is 0.532 bits per heavy atom. The van der Waals surface area contributed by atoms with Crippen LogP contribution in [0.4, 0.5) is 8.78 Å². The lowest BCUT2D eigenvalue weighted by atomic mass is 10.0. The number of amides is 9. The molecule has 11 atom stereocenters. The lowest BCUT2D eigenvalue weighted by molar-refractivity contribution is -0.148. The van der Waals surface area contributed by atoms with Crippen molar-refractivity contribution in [1.82, 2.24) is 41.7 Å². The fourth-order valence-electron chi connectivity index (χ4n) is 11.7. The van der Waals surface area contributed by atoms with Crippen LogP contribution >= 0.6 is 11.3 Å². The van der Waals surface area contributed by atoms with Crippen LogP contribution in [0.15, 0.2) is 18.2 Å². The Bertz CT molecular complexity index is 4050. The number of ether oxygens (including phenoxy) is 13. The van der Waals surface area contributed by atoms with Crippen LogP contribution in [0.1, 0.15) is 106 Å². The number of imide groups is 1. The number of carbonyl (C=O) groups excluding carboxylic acids is 12. The smallest absolute Gasteiger partial charge is 0.306 e. The number of Topliss-reactive ketones (excluding diaryl/α,β-unsaturated/α-hetero) is 2. The molecule has 2 aliphatic heterocycles. The zero-order valence-electron chi connectivity index (χ0n) is 71.1. The number of ketones is 2. The molecule has 47 heteroatoms. The van der Waals surface area contributed by atoms with E-state index in [9.17, 15) is 98.1 Å². The summed E-state index contributed by atoms with van der Waals surface area (Å²) in [7, 11) is 2.61. The van der Waals surface area contributed by atoms with E-state index in [1.54, 1.807) is 6.07 Å². The van der Waals surface area contributed by atoms with Crippen LogP contribution in [0, 0.1) is 11.6 Å². The number of thiophene rings is 1. The quantitative estimate of drug-likeness (QED) is 0.0109. The number of carboxylic acid groups (broad SMARTS) is 1. The first-order valence-electron chi connectivity index (χ1n) is 41.1. The highest BCUT2D eigenvalue weighted by atomic mass is 32.1. The number of fused-ring (bicyclic) bond motifs is 2. The molecule has 0 radical (unpaired) electrons. The van der Waals surface area contributed by atoms with Gasteiger partial charge in [-0.25, -0.2) is 8.78 Å². The van der Waals surface area contributed by atoms with Gasteiger partial charge in [0, 0.05) is 107 Å². The van der Waals surface area contributed by atoms with E-state index in [0.717, 1.165) is 11.3 Å². The van der Waals surface area contributed by atoms with Crippen molar-refractivity contribution in [1.29, 1.82) is 0 Å². The number of nitrogens with zero attached hydrogens (tertiary/aromatic N) is 2. The Kier molecular flexibility index (Phi) is 49.1. The molecule has 1 fully saturated rings. The highest BCUT2D eigenvalue weighted by molar-refractivity contribution is 7.20. The molecule has 16 N–H and O–H groups in total. The van der Waals surface area contributed by atoms with Gasteiger partial charge in [-0.2, -0.15) is 0 Å². The van der Waals surface area contributed by atoms with E-state index in [-0.39, 0.29) is 242 Å². The zero-order chi connectivity index (χ0) is 93.5. The van der Waals surface area contributed by atoms with E-state index in [0.29, 0.717) is 15.2 Å². The summed E-state index contributed by atoms with van der Waals surface area (Å²) in [5, 5.41) is 110. The second kappa shape index (κ2) is 58.8. The number of halogens is 2. The third kappa shape index (κ3) is 38.2. The molecule has 44 nitrogen and oxygen atoms in total. The Morgan fingerprint density at radius 3 is 1.57 bits per heavy atom. The van der Waals surface area contributed by atoms with E-state index in [1.165, 1.54) is 38.2 Å². The first kappa shape index (κ1) is 105. The molecule has 5 rings (SSSR count). The second-order valence-corrected chi connectivity index (χ2v) is 29.4. The molecule has 0 spiro atoms. The van der Waals surface area contributed by atoms with Crippen molar-refractivity contribution >= 4 is 98.1 Å². The topological polar surface area (TPSA) is 623 Å². The predicted molar refractivity (Wildman–Crippen MR) is 430 cm³/mol. The number of benzene rings is 2. The van der Waals surface area contributed by atoms with Gasteiger partial charge in [-0.05, 0) is 37.5 Å². The molecular weight excluding hydrogens is 1710 g/mol. The van der Waals surface area contributed by atoms with Crippen LogP contribution in [0.3, 0.4) is 0 Å². The molecule has 0 bridgehead atoms. The van der Waals surface area contributed by atoms with Crippen molar-refractivity contribution in [3.63, 3.8) is 0 Å². The van der Waals surface area contributed by atoms with Crippen LogP contribution in [0.25, 0.3) is 10.1 Å². The maximum Gasteiger partial charge on any atom is 0.306 e. The summed E-state index contributed by atoms with van der Waals surface area (Å²) < 4.78 is 112. The summed E-state index contributed by atoms with van der Waals surface area (Å²) in [6, 6.07) is 1.53.